The molecule has 1 N–H and O–H groups in total. The summed E-state index contributed by atoms with van der Waals surface area (Å²) in [5, 5.41) is 5.84. The van der Waals surface area contributed by atoms with E-state index in [9.17, 15) is 0 Å². The molecule has 2 atom stereocenters. The summed E-state index contributed by atoms with van der Waals surface area (Å²) < 4.78 is 1.13. The van der Waals surface area contributed by atoms with E-state index in [0.717, 1.165) is 10.9 Å². The molecule has 0 aliphatic heterocycles. The lowest BCUT2D eigenvalue weighted by atomic mass is 10.1. The zero-order valence-corrected chi connectivity index (χ0v) is 13.1. The first-order chi connectivity index (χ1) is 8.70. The molecule has 0 aliphatic rings. The number of hydrogen-bond acceptors (Lipinski definition) is 2. The van der Waals surface area contributed by atoms with E-state index >= 15 is 0 Å². The Hall–Kier alpha value is -0.640. The van der Waals surface area contributed by atoms with E-state index in [0.29, 0.717) is 12.1 Å². The third-order valence-corrected chi connectivity index (χ3v) is 4.63. The van der Waals surface area contributed by atoms with Gasteiger partial charge in [-0.2, -0.15) is 0 Å². The van der Waals surface area contributed by atoms with Gasteiger partial charge in [-0.25, -0.2) is 0 Å². The maximum Gasteiger partial charge on any atom is 0.0416 e. The smallest absolute Gasteiger partial charge is 0.0416 e. The van der Waals surface area contributed by atoms with E-state index in [1.165, 1.54) is 10.4 Å². The van der Waals surface area contributed by atoms with Gasteiger partial charge >= 0.3 is 0 Å². The number of halogens is 1. The van der Waals surface area contributed by atoms with E-state index < -0.39 is 0 Å². The largest absolute Gasteiger partial charge is 0.303 e. The highest BCUT2D eigenvalue weighted by Gasteiger charge is 2.14. The second-order valence-corrected chi connectivity index (χ2v) is 6.31. The Morgan fingerprint density at radius 2 is 1.94 bits per heavy atom. The summed E-state index contributed by atoms with van der Waals surface area (Å²) in [6, 6.07) is 13.7. The quantitative estimate of drug-likeness (QED) is 0.785. The van der Waals surface area contributed by atoms with Gasteiger partial charge in [-0.15, -0.1) is 11.3 Å². The van der Waals surface area contributed by atoms with E-state index in [-0.39, 0.29) is 0 Å². The Labute approximate surface area is 121 Å². The lowest BCUT2D eigenvalue weighted by Crippen LogP contribution is -2.23. The van der Waals surface area contributed by atoms with Crippen molar-refractivity contribution in [2.24, 2.45) is 0 Å². The molecule has 1 nitrogen and oxygen atoms in total. The zero-order chi connectivity index (χ0) is 13.0. The van der Waals surface area contributed by atoms with E-state index in [1.54, 1.807) is 0 Å². The van der Waals surface area contributed by atoms with Crippen LogP contribution in [0.5, 0.6) is 0 Å². The minimum Gasteiger partial charge on any atom is -0.303 e. The van der Waals surface area contributed by atoms with Crippen molar-refractivity contribution in [3.63, 3.8) is 0 Å². The van der Waals surface area contributed by atoms with Crippen LogP contribution in [-0.2, 0) is 0 Å². The highest BCUT2D eigenvalue weighted by atomic mass is 79.9. The molecule has 96 valence electrons. The molecule has 1 heterocycles. The van der Waals surface area contributed by atoms with Crippen LogP contribution in [0.3, 0.4) is 0 Å². The number of thiophene rings is 1. The predicted octanol–water partition coefficient (Wildman–Crippen LogP) is 5.31. The van der Waals surface area contributed by atoms with E-state index in [1.807, 2.05) is 11.3 Å². The molecule has 0 saturated heterocycles. The lowest BCUT2D eigenvalue weighted by Gasteiger charge is -2.21. The molecule has 1 aromatic heterocycles. The topological polar surface area (TPSA) is 12.0 Å². The van der Waals surface area contributed by atoms with Crippen LogP contribution in [0.1, 0.15) is 42.8 Å². The molecular weight excluding hydrogens is 306 g/mol. The Bertz CT molecular complexity index is 464. The Morgan fingerprint density at radius 3 is 2.50 bits per heavy atom. The normalized spacial score (nSPS) is 14.4. The highest BCUT2D eigenvalue weighted by molar-refractivity contribution is 9.10. The first kappa shape index (κ1) is 13.8. The van der Waals surface area contributed by atoms with Gasteiger partial charge in [-0.1, -0.05) is 41.1 Å². The van der Waals surface area contributed by atoms with Gasteiger partial charge in [0, 0.05) is 21.4 Å². The third-order valence-electron chi connectivity index (χ3n) is 3.12. The van der Waals surface area contributed by atoms with Crippen molar-refractivity contribution in [1.82, 2.24) is 5.32 Å². The molecule has 0 fully saturated rings. The van der Waals surface area contributed by atoms with Gasteiger partial charge in [0.2, 0.25) is 0 Å². The van der Waals surface area contributed by atoms with Gasteiger partial charge in [0.05, 0.1) is 0 Å². The molecule has 2 aromatic rings. The third kappa shape index (κ3) is 3.44. The summed E-state index contributed by atoms with van der Waals surface area (Å²) in [6.45, 7) is 4.45. The summed E-state index contributed by atoms with van der Waals surface area (Å²) in [5.41, 5.74) is 1.33. The van der Waals surface area contributed by atoms with E-state index in [4.69, 9.17) is 0 Å². The lowest BCUT2D eigenvalue weighted by molar-refractivity contribution is 0.462. The van der Waals surface area contributed by atoms with Crippen LogP contribution >= 0.6 is 27.3 Å². The zero-order valence-electron chi connectivity index (χ0n) is 10.7. The first-order valence-corrected chi connectivity index (χ1v) is 7.93. The van der Waals surface area contributed by atoms with Crippen LogP contribution in [0, 0.1) is 0 Å². The fraction of sp³-hybridized carbons (Fsp3) is 0.333. The minimum atomic E-state index is 0.366. The average Bonchev–Trinajstić information content (AvgIpc) is 2.90. The molecule has 0 amide bonds. The second kappa shape index (κ2) is 6.50. The van der Waals surface area contributed by atoms with Gasteiger partial charge < -0.3 is 5.32 Å². The standard InChI is InChI=1S/C15H18BrNS/c1-3-14(15-5-4-10-18-15)17-11(2)12-6-8-13(16)9-7-12/h4-11,14,17H,3H2,1-2H3/t11-,14?/m0/s1. The van der Waals surface area contributed by atoms with Crippen molar-refractivity contribution >= 4 is 27.3 Å². The maximum atomic E-state index is 3.70. The molecule has 1 aromatic carbocycles. The number of hydrogen-bond donors (Lipinski definition) is 1. The molecule has 0 saturated carbocycles. The van der Waals surface area contributed by atoms with Crippen molar-refractivity contribution in [2.75, 3.05) is 0 Å². The fourth-order valence-corrected chi connectivity index (χ4v) is 3.17. The van der Waals surface area contributed by atoms with Crippen molar-refractivity contribution in [2.45, 2.75) is 32.4 Å². The second-order valence-electron chi connectivity index (χ2n) is 4.42. The maximum absolute atomic E-state index is 3.70. The summed E-state index contributed by atoms with van der Waals surface area (Å²) in [5.74, 6) is 0. The van der Waals surface area contributed by atoms with Crippen LogP contribution in [0.4, 0.5) is 0 Å². The predicted molar refractivity (Wildman–Crippen MR) is 83.0 cm³/mol. The van der Waals surface area contributed by atoms with E-state index in [2.05, 4.69) is 76.9 Å². The number of rotatable bonds is 5. The number of benzene rings is 1. The molecule has 0 spiro atoms. The minimum absolute atomic E-state index is 0.366. The van der Waals surface area contributed by atoms with Gasteiger partial charge in [-0.05, 0) is 42.5 Å². The molecular formula is C15H18BrNS. The monoisotopic (exact) mass is 323 g/mol. The van der Waals surface area contributed by atoms with Crippen LogP contribution in [0.25, 0.3) is 0 Å². The highest BCUT2D eigenvalue weighted by Crippen LogP contribution is 2.26. The van der Waals surface area contributed by atoms with Crippen molar-refractivity contribution in [1.29, 1.82) is 0 Å². The summed E-state index contributed by atoms with van der Waals surface area (Å²) >= 11 is 5.30. The summed E-state index contributed by atoms with van der Waals surface area (Å²) in [6.07, 6.45) is 1.11. The fourth-order valence-electron chi connectivity index (χ4n) is 2.04. The van der Waals surface area contributed by atoms with Crippen LogP contribution in [-0.4, -0.2) is 0 Å². The van der Waals surface area contributed by atoms with Crippen molar-refractivity contribution in [3.8, 4) is 0 Å². The summed E-state index contributed by atoms with van der Waals surface area (Å²) in [4.78, 5) is 1.42. The van der Waals surface area contributed by atoms with Gasteiger partial charge in [0.1, 0.15) is 0 Å². The van der Waals surface area contributed by atoms with Crippen molar-refractivity contribution in [3.05, 3.63) is 56.7 Å². The molecule has 0 radical (unpaired) electrons. The van der Waals surface area contributed by atoms with Gasteiger partial charge in [-0.3, -0.25) is 0 Å². The molecule has 0 aliphatic carbocycles. The van der Waals surface area contributed by atoms with Gasteiger partial charge in [0.25, 0.3) is 0 Å². The first-order valence-electron chi connectivity index (χ1n) is 6.25. The SMILES string of the molecule is CCC(N[C@@H](C)c1ccc(Br)cc1)c1cccs1. The molecule has 0 bridgehead atoms. The molecule has 2 rings (SSSR count). The molecule has 18 heavy (non-hydrogen) atoms. The Morgan fingerprint density at radius 1 is 1.22 bits per heavy atom. The Balaban J connectivity index is 2.05. The van der Waals surface area contributed by atoms with Crippen molar-refractivity contribution < 1.29 is 0 Å². The number of nitrogens with one attached hydrogen (secondary N) is 1. The van der Waals surface area contributed by atoms with Gasteiger partial charge in [0.15, 0.2) is 0 Å². The Kier molecular flexibility index (Phi) is 4.98. The van der Waals surface area contributed by atoms with Crippen LogP contribution in [0.15, 0.2) is 46.3 Å². The molecule has 3 heteroatoms. The summed E-state index contributed by atoms with van der Waals surface area (Å²) in [7, 11) is 0. The molecule has 1 unspecified atom stereocenters. The van der Waals surface area contributed by atoms with Crippen LogP contribution < -0.4 is 5.32 Å². The van der Waals surface area contributed by atoms with Crippen LogP contribution in [0.2, 0.25) is 0 Å². The average molecular weight is 324 g/mol.